The van der Waals surface area contributed by atoms with Crippen LogP contribution >= 0.6 is 0 Å². The Labute approximate surface area is 176 Å². The predicted molar refractivity (Wildman–Crippen MR) is 122 cm³/mol. The Hall–Kier alpha value is -1.95. The van der Waals surface area contributed by atoms with Gasteiger partial charge >= 0.3 is 0 Å². The van der Waals surface area contributed by atoms with Crippen LogP contribution in [0, 0.1) is 0 Å². The molecule has 2 aromatic rings. The first kappa shape index (κ1) is 23.3. The first-order valence-electron chi connectivity index (χ1n) is 10.4. The van der Waals surface area contributed by atoms with Crippen LogP contribution in [0.2, 0.25) is 5.04 Å². The average Bonchev–Trinajstić information content (AvgIpc) is 2.70. The molecule has 0 bridgehead atoms. The van der Waals surface area contributed by atoms with Crippen LogP contribution < -0.4 is 15.7 Å². The smallest absolute Gasteiger partial charge is 0.261 e. The van der Waals surface area contributed by atoms with Gasteiger partial charge in [0.2, 0.25) is 5.91 Å². The fourth-order valence-corrected chi connectivity index (χ4v) is 8.59. The minimum atomic E-state index is -2.60. The first-order chi connectivity index (χ1) is 13.7. The molecule has 0 aliphatic heterocycles. The molecule has 0 saturated heterocycles. The van der Waals surface area contributed by atoms with Gasteiger partial charge in [0, 0.05) is 13.5 Å². The van der Waals surface area contributed by atoms with Crippen molar-refractivity contribution < 1.29 is 14.3 Å². The van der Waals surface area contributed by atoms with Gasteiger partial charge in [0.25, 0.3) is 8.32 Å². The van der Waals surface area contributed by atoms with Gasteiger partial charge in [-0.1, -0.05) is 88.4 Å². The highest BCUT2D eigenvalue weighted by Crippen LogP contribution is 2.36. The topological polar surface area (TPSA) is 58.6 Å². The van der Waals surface area contributed by atoms with Crippen LogP contribution in [0.25, 0.3) is 0 Å². The van der Waals surface area contributed by atoms with Crippen LogP contribution in [-0.2, 0) is 9.22 Å². The highest BCUT2D eigenvalue weighted by Gasteiger charge is 2.50. The molecule has 0 fully saturated rings. The minimum absolute atomic E-state index is 0.0947. The van der Waals surface area contributed by atoms with Crippen molar-refractivity contribution in [2.45, 2.75) is 64.6 Å². The molecule has 0 aromatic heterocycles. The van der Waals surface area contributed by atoms with Crippen molar-refractivity contribution in [1.82, 2.24) is 5.32 Å². The Bertz CT molecular complexity index is 719. The van der Waals surface area contributed by atoms with Crippen LogP contribution in [0.15, 0.2) is 60.7 Å². The molecule has 0 saturated carbocycles. The standard InChI is InChI=1S/C24H35NO3Si/c1-6-23(27)22(25-19(2)26)17-18-28-29(24(3,4)5,20-13-9-7-10-14-20)21-15-11-8-12-16-21/h7-16,22-23,27H,6,17-18H2,1-5H3,(H,25,26)/t22-,23-/m1/s1. The number of carbonyl (C=O) groups is 1. The molecule has 0 heterocycles. The van der Waals surface area contributed by atoms with Crippen LogP contribution in [0.5, 0.6) is 0 Å². The SMILES string of the molecule is CC[C@@H](O)[C@@H](CCO[Si](c1ccccc1)(c1ccccc1)C(C)(C)C)NC(C)=O. The van der Waals surface area contributed by atoms with E-state index in [1.54, 1.807) is 0 Å². The van der Waals surface area contributed by atoms with E-state index in [9.17, 15) is 9.90 Å². The number of aliphatic hydroxyl groups is 1. The molecule has 4 nitrogen and oxygen atoms in total. The monoisotopic (exact) mass is 413 g/mol. The minimum Gasteiger partial charge on any atom is -0.407 e. The summed E-state index contributed by atoms with van der Waals surface area (Å²) in [5.74, 6) is -0.132. The van der Waals surface area contributed by atoms with Crippen LogP contribution in [0.1, 0.15) is 47.5 Å². The van der Waals surface area contributed by atoms with Crippen molar-refractivity contribution >= 4 is 24.6 Å². The fourth-order valence-electron chi connectivity index (χ4n) is 4.01. The summed E-state index contributed by atoms with van der Waals surface area (Å²) >= 11 is 0. The second-order valence-electron chi connectivity index (χ2n) is 8.58. The molecular formula is C24H35NO3Si. The van der Waals surface area contributed by atoms with E-state index < -0.39 is 14.4 Å². The molecule has 0 radical (unpaired) electrons. The van der Waals surface area contributed by atoms with Gasteiger partial charge < -0.3 is 14.8 Å². The number of benzene rings is 2. The molecule has 0 aliphatic carbocycles. The molecule has 0 spiro atoms. The number of rotatable bonds is 9. The van der Waals surface area contributed by atoms with Crippen LogP contribution in [-0.4, -0.2) is 38.1 Å². The van der Waals surface area contributed by atoms with Gasteiger partial charge in [-0.15, -0.1) is 0 Å². The maximum atomic E-state index is 11.6. The maximum absolute atomic E-state index is 11.6. The third-order valence-corrected chi connectivity index (χ3v) is 10.5. The van der Waals surface area contributed by atoms with Crippen molar-refractivity contribution in [3.05, 3.63) is 60.7 Å². The number of aliphatic hydroxyl groups excluding tert-OH is 1. The lowest BCUT2D eigenvalue weighted by atomic mass is 10.1. The highest BCUT2D eigenvalue weighted by molar-refractivity contribution is 6.99. The third-order valence-electron chi connectivity index (χ3n) is 5.44. The average molecular weight is 414 g/mol. The lowest BCUT2D eigenvalue weighted by molar-refractivity contribution is -0.120. The second-order valence-corrected chi connectivity index (χ2v) is 12.9. The van der Waals surface area contributed by atoms with Crippen molar-refractivity contribution in [2.75, 3.05) is 6.61 Å². The Morgan fingerprint density at radius 3 is 1.90 bits per heavy atom. The summed E-state index contributed by atoms with van der Waals surface area (Å²) in [5.41, 5.74) is 0. The zero-order chi connectivity index (χ0) is 21.5. The summed E-state index contributed by atoms with van der Waals surface area (Å²) < 4.78 is 6.85. The highest BCUT2D eigenvalue weighted by atomic mass is 28.4. The molecular weight excluding hydrogens is 378 g/mol. The molecule has 2 atom stereocenters. The van der Waals surface area contributed by atoms with Gasteiger partial charge in [-0.25, -0.2) is 0 Å². The number of amides is 1. The molecule has 2 rings (SSSR count). The third kappa shape index (κ3) is 5.56. The lowest BCUT2D eigenvalue weighted by Gasteiger charge is -2.43. The molecule has 0 aliphatic rings. The Morgan fingerprint density at radius 1 is 1.03 bits per heavy atom. The van der Waals surface area contributed by atoms with E-state index in [0.29, 0.717) is 19.4 Å². The van der Waals surface area contributed by atoms with E-state index in [1.165, 1.54) is 17.3 Å². The summed E-state index contributed by atoms with van der Waals surface area (Å²) in [6, 6.07) is 20.7. The van der Waals surface area contributed by atoms with Gasteiger partial charge in [-0.05, 0) is 28.3 Å². The van der Waals surface area contributed by atoms with E-state index in [4.69, 9.17) is 4.43 Å². The number of hydrogen-bond acceptors (Lipinski definition) is 3. The van der Waals surface area contributed by atoms with Crippen molar-refractivity contribution in [2.24, 2.45) is 0 Å². The summed E-state index contributed by atoms with van der Waals surface area (Å²) in [6.07, 6.45) is 0.574. The summed E-state index contributed by atoms with van der Waals surface area (Å²) in [4.78, 5) is 11.6. The lowest BCUT2D eigenvalue weighted by Crippen LogP contribution is -2.66. The molecule has 2 N–H and O–H groups in total. The van der Waals surface area contributed by atoms with E-state index in [-0.39, 0.29) is 17.0 Å². The van der Waals surface area contributed by atoms with Gasteiger partial charge in [0.1, 0.15) is 0 Å². The second kappa shape index (κ2) is 10.2. The largest absolute Gasteiger partial charge is 0.407 e. The molecule has 5 heteroatoms. The van der Waals surface area contributed by atoms with Crippen molar-refractivity contribution in [1.29, 1.82) is 0 Å². The van der Waals surface area contributed by atoms with Gasteiger partial charge in [0.05, 0.1) is 12.1 Å². The van der Waals surface area contributed by atoms with E-state index in [2.05, 4.69) is 74.6 Å². The first-order valence-corrected chi connectivity index (χ1v) is 12.3. The van der Waals surface area contributed by atoms with E-state index in [0.717, 1.165) is 0 Å². The molecule has 2 aromatic carbocycles. The number of hydrogen-bond donors (Lipinski definition) is 2. The predicted octanol–water partition coefficient (Wildman–Crippen LogP) is 3.23. The number of carbonyl (C=O) groups excluding carboxylic acids is 1. The number of nitrogens with one attached hydrogen (secondary N) is 1. The summed E-state index contributed by atoms with van der Waals surface area (Å²) in [5, 5.41) is 15.6. The zero-order valence-electron chi connectivity index (χ0n) is 18.3. The van der Waals surface area contributed by atoms with Gasteiger partial charge in [-0.3, -0.25) is 4.79 Å². The Morgan fingerprint density at radius 2 is 1.52 bits per heavy atom. The molecule has 29 heavy (non-hydrogen) atoms. The quantitative estimate of drug-likeness (QED) is 0.621. The summed E-state index contributed by atoms with van der Waals surface area (Å²) in [7, 11) is -2.60. The normalized spacial score (nSPS) is 14.3. The molecule has 158 valence electrons. The van der Waals surface area contributed by atoms with Crippen molar-refractivity contribution in [3.63, 3.8) is 0 Å². The van der Waals surface area contributed by atoms with Gasteiger partial charge in [-0.2, -0.15) is 0 Å². The zero-order valence-corrected chi connectivity index (χ0v) is 19.3. The fraction of sp³-hybridized carbons (Fsp3) is 0.458. The van der Waals surface area contributed by atoms with Crippen LogP contribution in [0.4, 0.5) is 0 Å². The maximum Gasteiger partial charge on any atom is 0.261 e. The Kier molecular flexibility index (Phi) is 8.20. The Balaban J connectivity index is 2.39. The van der Waals surface area contributed by atoms with E-state index in [1.807, 2.05) is 19.1 Å². The van der Waals surface area contributed by atoms with E-state index >= 15 is 0 Å². The van der Waals surface area contributed by atoms with Crippen molar-refractivity contribution in [3.8, 4) is 0 Å². The van der Waals surface area contributed by atoms with Crippen LogP contribution in [0.3, 0.4) is 0 Å². The summed E-state index contributed by atoms with van der Waals surface area (Å²) in [6.45, 7) is 10.6. The molecule has 0 unspecified atom stereocenters. The molecule has 1 amide bonds. The van der Waals surface area contributed by atoms with Gasteiger partial charge in [0.15, 0.2) is 0 Å².